The maximum Gasteiger partial charge on any atom is 0.337 e. The molecule has 1 saturated carbocycles. The van der Waals surface area contributed by atoms with Gasteiger partial charge in [-0.1, -0.05) is 20.8 Å². The Kier molecular flexibility index (Phi) is 2.99. The fraction of sp³-hybridized carbons (Fsp3) is 0.923. The van der Waals surface area contributed by atoms with Crippen LogP contribution < -0.4 is 0 Å². The average molecular weight is 226 g/mol. The van der Waals surface area contributed by atoms with Crippen molar-refractivity contribution in [2.24, 2.45) is 17.8 Å². The zero-order valence-corrected chi connectivity index (χ0v) is 10.7. The number of ether oxygens (including phenoxy) is 2. The fourth-order valence-corrected chi connectivity index (χ4v) is 3.14. The Morgan fingerprint density at radius 3 is 2.50 bits per heavy atom. The minimum Gasteiger partial charge on any atom is -0.431 e. The molecule has 0 amide bonds. The highest BCUT2D eigenvalue weighted by molar-refractivity contribution is 5.76. The first kappa shape index (κ1) is 11.9. The van der Waals surface area contributed by atoms with Gasteiger partial charge < -0.3 is 9.47 Å². The first-order valence-corrected chi connectivity index (χ1v) is 6.35. The standard InChI is InChI=1S/C13H22O3/c1-8(2)11-6-5-9(3)7-13(11)15-10(4)12(14)16-13/h8-11H,5-7H2,1-4H3. The second-order valence-corrected chi connectivity index (χ2v) is 5.73. The lowest BCUT2D eigenvalue weighted by Crippen LogP contribution is -2.46. The molecular weight excluding hydrogens is 204 g/mol. The molecule has 1 aliphatic heterocycles. The van der Waals surface area contributed by atoms with Crippen LogP contribution >= 0.6 is 0 Å². The van der Waals surface area contributed by atoms with Crippen molar-refractivity contribution in [2.75, 3.05) is 0 Å². The Bertz CT molecular complexity index is 287. The molecule has 1 aliphatic carbocycles. The third-order valence-electron chi connectivity index (χ3n) is 3.95. The number of rotatable bonds is 1. The number of hydrogen-bond donors (Lipinski definition) is 0. The van der Waals surface area contributed by atoms with Gasteiger partial charge in [-0.25, -0.2) is 4.79 Å². The summed E-state index contributed by atoms with van der Waals surface area (Å²) in [5.41, 5.74) is 0. The molecule has 0 aromatic carbocycles. The molecule has 1 saturated heterocycles. The summed E-state index contributed by atoms with van der Waals surface area (Å²) < 4.78 is 11.5. The molecule has 0 aromatic rings. The molecule has 1 heterocycles. The number of carbonyl (C=O) groups excluding carboxylic acids is 1. The van der Waals surface area contributed by atoms with Gasteiger partial charge in [0.1, 0.15) is 0 Å². The quantitative estimate of drug-likeness (QED) is 0.645. The second-order valence-electron chi connectivity index (χ2n) is 5.73. The van der Waals surface area contributed by atoms with Gasteiger partial charge >= 0.3 is 5.97 Å². The number of hydrogen-bond acceptors (Lipinski definition) is 3. The van der Waals surface area contributed by atoms with E-state index in [1.165, 1.54) is 6.42 Å². The normalized spacial score (nSPS) is 44.1. The third-order valence-corrected chi connectivity index (χ3v) is 3.95. The molecule has 2 aliphatic rings. The van der Waals surface area contributed by atoms with E-state index in [-0.39, 0.29) is 5.97 Å². The lowest BCUT2D eigenvalue weighted by atomic mass is 9.73. The van der Waals surface area contributed by atoms with Gasteiger partial charge in [-0.2, -0.15) is 0 Å². The minimum absolute atomic E-state index is 0.195. The van der Waals surface area contributed by atoms with Gasteiger partial charge in [0.25, 0.3) is 0 Å². The zero-order chi connectivity index (χ0) is 11.9. The predicted molar refractivity (Wildman–Crippen MR) is 60.7 cm³/mol. The van der Waals surface area contributed by atoms with Crippen molar-refractivity contribution in [3.05, 3.63) is 0 Å². The monoisotopic (exact) mass is 226 g/mol. The van der Waals surface area contributed by atoms with Gasteiger partial charge in [0.05, 0.1) is 0 Å². The van der Waals surface area contributed by atoms with Gasteiger partial charge in [-0.15, -0.1) is 0 Å². The molecular formula is C13H22O3. The Balaban J connectivity index is 2.23. The largest absolute Gasteiger partial charge is 0.431 e. The third kappa shape index (κ3) is 1.86. The molecule has 3 nitrogen and oxygen atoms in total. The highest BCUT2D eigenvalue weighted by Crippen LogP contribution is 2.47. The Morgan fingerprint density at radius 2 is 2.00 bits per heavy atom. The van der Waals surface area contributed by atoms with Crippen molar-refractivity contribution < 1.29 is 14.3 Å². The van der Waals surface area contributed by atoms with E-state index in [4.69, 9.17) is 9.47 Å². The topological polar surface area (TPSA) is 35.5 Å². The molecule has 4 atom stereocenters. The second kappa shape index (κ2) is 4.02. The van der Waals surface area contributed by atoms with Gasteiger partial charge in [0.2, 0.25) is 5.79 Å². The van der Waals surface area contributed by atoms with E-state index in [2.05, 4.69) is 20.8 Å². The van der Waals surface area contributed by atoms with Crippen LogP contribution in [0.3, 0.4) is 0 Å². The summed E-state index contributed by atoms with van der Waals surface area (Å²) in [4.78, 5) is 11.6. The van der Waals surface area contributed by atoms with E-state index in [0.717, 1.165) is 12.8 Å². The molecule has 0 N–H and O–H groups in total. The summed E-state index contributed by atoms with van der Waals surface area (Å²) in [5, 5.41) is 0. The molecule has 0 aromatic heterocycles. The molecule has 3 heteroatoms. The summed E-state index contributed by atoms with van der Waals surface area (Å²) in [6, 6.07) is 0. The van der Waals surface area contributed by atoms with Gasteiger partial charge in [0.15, 0.2) is 6.10 Å². The van der Waals surface area contributed by atoms with E-state index < -0.39 is 11.9 Å². The molecule has 0 radical (unpaired) electrons. The summed E-state index contributed by atoms with van der Waals surface area (Å²) in [5.74, 6) is 0.596. The summed E-state index contributed by atoms with van der Waals surface area (Å²) >= 11 is 0. The van der Waals surface area contributed by atoms with E-state index in [9.17, 15) is 4.79 Å². The molecule has 0 bridgehead atoms. The maximum atomic E-state index is 11.6. The smallest absolute Gasteiger partial charge is 0.337 e. The van der Waals surface area contributed by atoms with Crippen molar-refractivity contribution in [3.63, 3.8) is 0 Å². The van der Waals surface area contributed by atoms with Crippen LogP contribution in [0.2, 0.25) is 0 Å². The summed E-state index contributed by atoms with van der Waals surface area (Å²) in [7, 11) is 0. The van der Waals surface area contributed by atoms with Crippen LogP contribution in [0.15, 0.2) is 0 Å². The van der Waals surface area contributed by atoms with Crippen LogP contribution in [0.25, 0.3) is 0 Å². The zero-order valence-electron chi connectivity index (χ0n) is 10.7. The lowest BCUT2D eigenvalue weighted by molar-refractivity contribution is -0.235. The average Bonchev–Trinajstić information content (AvgIpc) is 2.41. The van der Waals surface area contributed by atoms with Crippen molar-refractivity contribution >= 4 is 5.97 Å². The SMILES string of the molecule is CC1CCC(C(C)C)C2(C1)OC(=O)C(C)O2. The van der Waals surface area contributed by atoms with Crippen LogP contribution in [0, 0.1) is 17.8 Å². The van der Waals surface area contributed by atoms with Gasteiger partial charge in [-0.05, 0) is 31.6 Å². The van der Waals surface area contributed by atoms with Crippen molar-refractivity contribution in [1.29, 1.82) is 0 Å². The van der Waals surface area contributed by atoms with Crippen molar-refractivity contribution in [1.82, 2.24) is 0 Å². The van der Waals surface area contributed by atoms with E-state index in [1.54, 1.807) is 6.92 Å². The molecule has 4 unspecified atom stereocenters. The van der Waals surface area contributed by atoms with Crippen LogP contribution in [0.5, 0.6) is 0 Å². The lowest BCUT2D eigenvalue weighted by Gasteiger charge is -2.43. The Hall–Kier alpha value is -0.570. The highest BCUT2D eigenvalue weighted by Gasteiger charge is 2.54. The van der Waals surface area contributed by atoms with Crippen LogP contribution in [-0.4, -0.2) is 17.9 Å². The van der Waals surface area contributed by atoms with E-state index in [1.807, 2.05) is 0 Å². The first-order valence-electron chi connectivity index (χ1n) is 6.35. The van der Waals surface area contributed by atoms with E-state index in [0.29, 0.717) is 17.8 Å². The molecule has 1 spiro atoms. The fourth-order valence-electron chi connectivity index (χ4n) is 3.14. The summed E-state index contributed by atoms with van der Waals surface area (Å²) in [6.45, 7) is 8.36. The van der Waals surface area contributed by atoms with Gasteiger partial charge in [-0.3, -0.25) is 0 Å². The molecule has 16 heavy (non-hydrogen) atoms. The van der Waals surface area contributed by atoms with Crippen LogP contribution in [0.1, 0.15) is 47.0 Å². The van der Waals surface area contributed by atoms with Crippen molar-refractivity contribution in [3.8, 4) is 0 Å². The van der Waals surface area contributed by atoms with E-state index >= 15 is 0 Å². The maximum absolute atomic E-state index is 11.6. The number of esters is 1. The molecule has 2 rings (SSSR count). The highest BCUT2D eigenvalue weighted by atomic mass is 16.8. The van der Waals surface area contributed by atoms with Gasteiger partial charge in [0, 0.05) is 12.3 Å². The Labute approximate surface area is 97.5 Å². The predicted octanol–water partition coefficient (Wildman–Crippen LogP) is 2.74. The molecule has 2 fully saturated rings. The summed E-state index contributed by atoms with van der Waals surface area (Å²) in [6.07, 6.45) is 2.76. The Morgan fingerprint density at radius 1 is 1.31 bits per heavy atom. The number of carbonyl (C=O) groups is 1. The van der Waals surface area contributed by atoms with Crippen LogP contribution in [-0.2, 0) is 14.3 Å². The molecule has 92 valence electrons. The first-order chi connectivity index (χ1) is 7.44. The van der Waals surface area contributed by atoms with Crippen LogP contribution in [0.4, 0.5) is 0 Å². The minimum atomic E-state index is -0.623. The van der Waals surface area contributed by atoms with Crippen molar-refractivity contribution in [2.45, 2.75) is 58.8 Å².